The smallest absolute Gasteiger partial charge is 0.264 e. The van der Waals surface area contributed by atoms with Gasteiger partial charge in [0.05, 0.1) is 17.2 Å². The molecular formula is C35H38FN3O5S. The van der Waals surface area contributed by atoms with Gasteiger partial charge in [-0.1, -0.05) is 66.7 Å². The van der Waals surface area contributed by atoms with Gasteiger partial charge in [0, 0.05) is 24.6 Å². The number of hydrogen-bond acceptors (Lipinski definition) is 5. The maximum atomic E-state index is 15.0. The Balaban J connectivity index is 1.80. The number of halogens is 1. The molecule has 8 nitrogen and oxygen atoms in total. The molecule has 0 bridgehead atoms. The molecule has 4 aromatic rings. The predicted octanol–water partition coefficient (Wildman–Crippen LogP) is 5.58. The topological polar surface area (TPSA) is 96.0 Å². The molecule has 0 aromatic heterocycles. The van der Waals surface area contributed by atoms with Crippen LogP contribution in [0.25, 0.3) is 0 Å². The quantitative estimate of drug-likeness (QED) is 0.196. The van der Waals surface area contributed by atoms with Gasteiger partial charge in [-0.25, -0.2) is 12.8 Å². The summed E-state index contributed by atoms with van der Waals surface area (Å²) in [6, 6.07) is 28.1. The molecule has 4 aromatic carbocycles. The van der Waals surface area contributed by atoms with E-state index >= 15 is 0 Å². The van der Waals surface area contributed by atoms with Gasteiger partial charge in [-0.05, 0) is 68.8 Å². The summed E-state index contributed by atoms with van der Waals surface area (Å²) in [4.78, 5) is 29.4. The van der Waals surface area contributed by atoms with E-state index in [9.17, 15) is 22.4 Å². The summed E-state index contributed by atoms with van der Waals surface area (Å²) in [5.74, 6) is -1.11. The second-order valence-corrected chi connectivity index (χ2v) is 12.6. The Bertz CT molecular complexity index is 1670. The van der Waals surface area contributed by atoms with Gasteiger partial charge in [0.25, 0.3) is 10.0 Å². The van der Waals surface area contributed by atoms with E-state index in [0.717, 1.165) is 9.87 Å². The molecule has 0 unspecified atom stereocenters. The first-order valence-corrected chi connectivity index (χ1v) is 16.2. The van der Waals surface area contributed by atoms with Crippen molar-refractivity contribution in [2.24, 2.45) is 0 Å². The van der Waals surface area contributed by atoms with Gasteiger partial charge in [0.1, 0.15) is 24.2 Å². The summed E-state index contributed by atoms with van der Waals surface area (Å²) in [5.41, 5.74) is 1.21. The predicted molar refractivity (Wildman–Crippen MR) is 173 cm³/mol. The first kappa shape index (κ1) is 33.2. The fourth-order valence-electron chi connectivity index (χ4n) is 4.87. The molecule has 0 spiro atoms. The third kappa shape index (κ3) is 8.69. The number of nitrogens with one attached hydrogen (secondary N) is 1. The van der Waals surface area contributed by atoms with Crippen molar-refractivity contribution < 1.29 is 27.1 Å². The first-order chi connectivity index (χ1) is 21.6. The highest BCUT2D eigenvalue weighted by Crippen LogP contribution is 2.27. The number of carbonyl (C=O) groups is 2. The van der Waals surface area contributed by atoms with E-state index in [0.29, 0.717) is 12.4 Å². The van der Waals surface area contributed by atoms with Gasteiger partial charge in [-0.15, -0.1) is 0 Å². The standard InChI is InChI=1S/C35H38FN3O5S/c1-4-44-30-21-19-29(20-22-30)39(45(42,43)31-16-9-6-10-17-31)25-34(40)38(24-28-15-11-12-18-32(28)36)33(35(41)37-26(2)3)23-27-13-7-5-8-14-27/h5-22,26,33H,4,23-25H2,1-3H3,(H,37,41)/t33-/m1/s1. The summed E-state index contributed by atoms with van der Waals surface area (Å²) < 4.78 is 49.6. The molecule has 0 aliphatic carbocycles. The number of benzene rings is 4. The van der Waals surface area contributed by atoms with Gasteiger partial charge in [0.15, 0.2) is 0 Å². The van der Waals surface area contributed by atoms with Gasteiger partial charge in [-0.3, -0.25) is 13.9 Å². The lowest BCUT2D eigenvalue weighted by Gasteiger charge is -2.34. The van der Waals surface area contributed by atoms with Gasteiger partial charge >= 0.3 is 0 Å². The van der Waals surface area contributed by atoms with Crippen molar-refractivity contribution in [2.75, 3.05) is 17.5 Å². The van der Waals surface area contributed by atoms with E-state index in [-0.39, 0.29) is 35.2 Å². The van der Waals surface area contributed by atoms with Crippen LogP contribution >= 0.6 is 0 Å². The highest BCUT2D eigenvalue weighted by atomic mass is 32.2. The third-order valence-corrected chi connectivity index (χ3v) is 8.83. The molecule has 0 aliphatic heterocycles. The maximum Gasteiger partial charge on any atom is 0.264 e. The van der Waals surface area contributed by atoms with Crippen LogP contribution in [-0.2, 0) is 32.6 Å². The van der Waals surface area contributed by atoms with Crippen LogP contribution in [-0.4, -0.2) is 50.4 Å². The van der Waals surface area contributed by atoms with Crippen molar-refractivity contribution in [3.8, 4) is 5.75 Å². The zero-order chi connectivity index (χ0) is 32.4. The monoisotopic (exact) mass is 631 g/mol. The minimum absolute atomic E-state index is 0.00859. The molecule has 1 N–H and O–H groups in total. The third-order valence-electron chi connectivity index (χ3n) is 7.05. The molecule has 10 heteroatoms. The van der Waals surface area contributed by atoms with Crippen LogP contribution in [0.5, 0.6) is 5.75 Å². The minimum Gasteiger partial charge on any atom is -0.494 e. The molecule has 45 heavy (non-hydrogen) atoms. The van der Waals surface area contributed by atoms with E-state index in [1.54, 1.807) is 68.4 Å². The van der Waals surface area contributed by atoms with E-state index in [2.05, 4.69) is 5.32 Å². The Morgan fingerprint density at radius 2 is 1.44 bits per heavy atom. The Hall–Kier alpha value is -4.70. The molecule has 236 valence electrons. The van der Waals surface area contributed by atoms with Gasteiger partial charge < -0.3 is 15.0 Å². The second-order valence-electron chi connectivity index (χ2n) is 10.7. The lowest BCUT2D eigenvalue weighted by molar-refractivity contribution is -0.140. The van der Waals surface area contributed by atoms with Crippen molar-refractivity contribution in [3.63, 3.8) is 0 Å². The molecule has 0 heterocycles. The molecule has 0 radical (unpaired) electrons. The largest absolute Gasteiger partial charge is 0.494 e. The summed E-state index contributed by atoms with van der Waals surface area (Å²) in [5, 5.41) is 2.89. The SMILES string of the molecule is CCOc1ccc(N(CC(=O)N(Cc2ccccc2F)[C@H](Cc2ccccc2)C(=O)NC(C)C)S(=O)(=O)c2ccccc2)cc1. The number of carbonyl (C=O) groups excluding carboxylic acids is 2. The Morgan fingerprint density at radius 1 is 0.844 bits per heavy atom. The average molecular weight is 632 g/mol. The van der Waals surface area contributed by atoms with Crippen LogP contribution in [0.2, 0.25) is 0 Å². The summed E-state index contributed by atoms with van der Waals surface area (Å²) >= 11 is 0. The summed E-state index contributed by atoms with van der Waals surface area (Å²) in [7, 11) is -4.24. The summed E-state index contributed by atoms with van der Waals surface area (Å²) in [6.45, 7) is 4.98. The highest BCUT2D eigenvalue weighted by molar-refractivity contribution is 7.92. The number of nitrogens with zero attached hydrogens (tertiary/aromatic N) is 2. The van der Waals surface area contributed by atoms with Crippen molar-refractivity contribution in [3.05, 3.63) is 126 Å². The minimum atomic E-state index is -4.24. The van der Waals surface area contributed by atoms with E-state index in [1.165, 1.54) is 29.2 Å². The highest BCUT2D eigenvalue weighted by Gasteiger charge is 2.35. The van der Waals surface area contributed by atoms with Crippen LogP contribution in [0.1, 0.15) is 31.9 Å². The fraction of sp³-hybridized carbons (Fsp3) is 0.257. The average Bonchev–Trinajstić information content (AvgIpc) is 3.03. The van der Waals surface area contributed by atoms with E-state index in [1.807, 2.05) is 37.3 Å². The second kappa shape index (κ2) is 15.3. The Morgan fingerprint density at radius 3 is 2.04 bits per heavy atom. The van der Waals surface area contributed by atoms with Crippen molar-refractivity contribution in [1.82, 2.24) is 10.2 Å². The molecule has 4 rings (SSSR count). The van der Waals surface area contributed by atoms with Crippen LogP contribution in [0, 0.1) is 5.82 Å². The molecular weight excluding hydrogens is 593 g/mol. The maximum absolute atomic E-state index is 15.0. The molecule has 0 saturated heterocycles. The van der Waals surface area contributed by atoms with Crippen LogP contribution in [0.3, 0.4) is 0 Å². The lowest BCUT2D eigenvalue weighted by Crippen LogP contribution is -2.54. The molecule has 2 amide bonds. The molecule has 0 fully saturated rings. The normalized spacial score (nSPS) is 11.9. The number of amides is 2. The number of hydrogen-bond donors (Lipinski definition) is 1. The first-order valence-electron chi connectivity index (χ1n) is 14.8. The molecule has 1 atom stereocenters. The number of anilines is 1. The summed E-state index contributed by atoms with van der Waals surface area (Å²) in [6.07, 6.45) is 0.133. The Labute approximate surface area is 264 Å². The van der Waals surface area contributed by atoms with E-state index in [4.69, 9.17) is 4.74 Å². The van der Waals surface area contributed by atoms with E-state index < -0.39 is 40.2 Å². The zero-order valence-electron chi connectivity index (χ0n) is 25.6. The van der Waals surface area contributed by atoms with Gasteiger partial charge in [-0.2, -0.15) is 0 Å². The number of ether oxygens (including phenoxy) is 1. The number of rotatable bonds is 14. The molecule has 0 saturated carbocycles. The lowest BCUT2D eigenvalue weighted by atomic mass is 10.0. The van der Waals surface area contributed by atoms with Crippen LogP contribution in [0.15, 0.2) is 114 Å². The fourth-order valence-corrected chi connectivity index (χ4v) is 6.30. The van der Waals surface area contributed by atoms with Crippen molar-refractivity contribution in [2.45, 2.75) is 50.7 Å². The zero-order valence-corrected chi connectivity index (χ0v) is 26.4. The van der Waals surface area contributed by atoms with Crippen LogP contribution in [0.4, 0.5) is 10.1 Å². The van der Waals surface area contributed by atoms with Crippen molar-refractivity contribution in [1.29, 1.82) is 0 Å². The van der Waals surface area contributed by atoms with Crippen LogP contribution < -0.4 is 14.4 Å². The van der Waals surface area contributed by atoms with Crippen molar-refractivity contribution >= 4 is 27.5 Å². The molecule has 0 aliphatic rings. The number of sulfonamides is 1. The van der Waals surface area contributed by atoms with Gasteiger partial charge in [0.2, 0.25) is 11.8 Å². The Kier molecular flexibility index (Phi) is 11.3.